The Morgan fingerprint density at radius 1 is 1.41 bits per heavy atom. The topological polar surface area (TPSA) is 47.6 Å². The molecule has 1 atom stereocenters. The maximum atomic E-state index is 11.7. The van der Waals surface area contributed by atoms with Gasteiger partial charge in [0, 0.05) is 6.07 Å². The fraction of sp³-hybridized carbons (Fsp3) is 0.417. The van der Waals surface area contributed by atoms with Crippen LogP contribution in [0.4, 0.5) is 5.69 Å². The molecule has 0 radical (unpaired) electrons. The fourth-order valence-corrected chi connectivity index (χ4v) is 1.41. The summed E-state index contributed by atoms with van der Waals surface area (Å²) in [7, 11) is 3.13. The van der Waals surface area contributed by atoms with Gasteiger partial charge in [-0.05, 0) is 18.6 Å². The average molecular weight is 302 g/mol. The molecule has 1 aromatic carbocycles. The van der Waals surface area contributed by atoms with Crippen molar-refractivity contribution in [3.05, 3.63) is 18.2 Å². The van der Waals surface area contributed by atoms with Crippen LogP contribution in [0.5, 0.6) is 11.5 Å². The summed E-state index contributed by atoms with van der Waals surface area (Å²) >= 11 is 3.30. The van der Waals surface area contributed by atoms with E-state index in [0.717, 1.165) is 6.42 Å². The number of hydrogen-bond donors (Lipinski definition) is 1. The number of anilines is 1. The zero-order chi connectivity index (χ0) is 12.8. The van der Waals surface area contributed by atoms with Crippen LogP contribution in [0, 0.1) is 0 Å². The molecule has 0 heterocycles. The Bertz CT molecular complexity index is 395. The number of amides is 1. The second-order valence-corrected chi connectivity index (χ2v) is 4.54. The number of carbonyl (C=O) groups is 1. The second kappa shape index (κ2) is 6.49. The molecule has 0 aliphatic rings. The molecule has 0 aromatic heterocycles. The first-order valence-corrected chi connectivity index (χ1v) is 6.20. The zero-order valence-corrected chi connectivity index (χ0v) is 11.7. The summed E-state index contributed by atoms with van der Waals surface area (Å²) in [5.74, 6) is 1.18. The van der Waals surface area contributed by atoms with Crippen LogP contribution in [0.15, 0.2) is 18.2 Å². The Hall–Kier alpha value is -1.23. The van der Waals surface area contributed by atoms with Crippen molar-refractivity contribution in [2.24, 2.45) is 0 Å². The van der Waals surface area contributed by atoms with E-state index in [0.29, 0.717) is 17.2 Å². The minimum atomic E-state index is -0.200. The van der Waals surface area contributed by atoms with E-state index in [1.807, 2.05) is 6.92 Å². The molecule has 4 nitrogen and oxygen atoms in total. The second-order valence-electron chi connectivity index (χ2n) is 3.43. The van der Waals surface area contributed by atoms with Crippen LogP contribution < -0.4 is 14.8 Å². The Labute approximate surface area is 109 Å². The number of rotatable bonds is 5. The maximum absolute atomic E-state index is 11.7. The number of nitrogens with one attached hydrogen (secondary N) is 1. The van der Waals surface area contributed by atoms with Crippen molar-refractivity contribution in [1.29, 1.82) is 0 Å². The van der Waals surface area contributed by atoms with Gasteiger partial charge in [-0.15, -0.1) is 0 Å². The molecule has 5 heteroatoms. The Morgan fingerprint density at radius 3 is 2.65 bits per heavy atom. The molecule has 0 aliphatic heterocycles. The third kappa shape index (κ3) is 3.63. The van der Waals surface area contributed by atoms with Crippen LogP contribution in [0.3, 0.4) is 0 Å². The van der Waals surface area contributed by atoms with Crippen molar-refractivity contribution >= 4 is 27.5 Å². The van der Waals surface area contributed by atoms with E-state index in [-0.39, 0.29) is 10.7 Å². The molecule has 0 spiro atoms. The third-order valence-corrected chi connectivity index (χ3v) is 3.37. The molecule has 1 rings (SSSR count). The highest BCUT2D eigenvalue weighted by atomic mass is 79.9. The van der Waals surface area contributed by atoms with Crippen molar-refractivity contribution in [2.75, 3.05) is 19.5 Å². The molecule has 0 fully saturated rings. The van der Waals surface area contributed by atoms with E-state index in [2.05, 4.69) is 21.2 Å². The van der Waals surface area contributed by atoms with Gasteiger partial charge >= 0.3 is 0 Å². The molecule has 0 saturated carbocycles. The van der Waals surface area contributed by atoms with Crippen molar-refractivity contribution in [1.82, 2.24) is 0 Å². The lowest BCUT2D eigenvalue weighted by Gasteiger charge is -2.13. The highest BCUT2D eigenvalue weighted by molar-refractivity contribution is 9.10. The van der Waals surface area contributed by atoms with Crippen LogP contribution in [-0.2, 0) is 4.79 Å². The van der Waals surface area contributed by atoms with Crippen LogP contribution in [-0.4, -0.2) is 25.0 Å². The van der Waals surface area contributed by atoms with E-state index in [1.165, 1.54) is 0 Å². The first-order chi connectivity index (χ1) is 8.12. The minimum absolute atomic E-state index is 0.0871. The predicted molar refractivity (Wildman–Crippen MR) is 71.2 cm³/mol. The normalized spacial score (nSPS) is 11.8. The van der Waals surface area contributed by atoms with Gasteiger partial charge in [-0.2, -0.15) is 0 Å². The lowest BCUT2D eigenvalue weighted by Crippen LogP contribution is -2.22. The van der Waals surface area contributed by atoms with Gasteiger partial charge < -0.3 is 14.8 Å². The molecule has 0 saturated heterocycles. The fourth-order valence-electron chi connectivity index (χ4n) is 1.30. The summed E-state index contributed by atoms with van der Waals surface area (Å²) < 4.78 is 10.3. The minimum Gasteiger partial charge on any atom is -0.497 e. The summed E-state index contributed by atoms with van der Waals surface area (Å²) in [6.07, 6.45) is 0.726. The van der Waals surface area contributed by atoms with Gasteiger partial charge in [0.25, 0.3) is 0 Å². The van der Waals surface area contributed by atoms with Crippen molar-refractivity contribution < 1.29 is 14.3 Å². The molecule has 0 unspecified atom stereocenters. The molecule has 0 bridgehead atoms. The van der Waals surface area contributed by atoms with Crippen molar-refractivity contribution in [3.63, 3.8) is 0 Å². The Morgan fingerprint density at radius 2 is 2.12 bits per heavy atom. The molecule has 94 valence electrons. The standard InChI is InChI=1S/C12H16BrNO3/c1-4-9(13)12(15)14-10-6-5-8(16-2)7-11(10)17-3/h5-7,9H,4H2,1-3H3,(H,14,15)/t9-/m1/s1. The summed E-state index contributed by atoms with van der Waals surface area (Å²) in [6, 6.07) is 5.25. The van der Waals surface area contributed by atoms with Crippen LogP contribution in [0.25, 0.3) is 0 Å². The zero-order valence-electron chi connectivity index (χ0n) is 10.1. The highest BCUT2D eigenvalue weighted by Crippen LogP contribution is 2.29. The number of ether oxygens (including phenoxy) is 2. The monoisotopic (exact) mass is 301 g/mol. The largest absolute Gasteiger partial charge is 0.497 e. The SMILES string of the molecule is CC[C@@H](Br)C(=O)Nc1ccc(OC)cc1OC. The van der Waals surface area contributed by atoms with Crippen LogP contribution in [0.2, 0.25) is 0 Å². The smallest absolute Gasteiger partial charge is 0.238 e. The number of methoxy groups -OCH3 is 2. The van der Waals surface area contributed by atoms with E-state index >= 15 is 0 Å². The molecule has 17 heavy (non-hydrogen) atoms. The van der Waals surface area contributed by atoms with Crippen molar-refractivity contribution in [3.8, 4) is 11.5 Å². The van der Waals surface area contributed by atoms with Gasteiger partial charge in [0.05, 0.1) is 24.7 Å². The third-order valence-electron chi connectivity index (χ3n) is 2.31. The van der Waals surface area contributed by atoms with Gasteiger partial charge in [-0.1, -0.05) is 22.9 Å². The van der Waals surface area contributed by atoms with Gasteiger partial charge in [0.15, 0.2) is 0 Å². The number of benzene rings is 1. The number of hydrogen-bond acceptors (Lipinski definition) is 3. The number of alkyl halides is 1. The predicted octanol–water partition coefficient (Wildman–Crippen LogP) is 2.82. The number of halogens is 1. The van der Waals surface area contributed by atoms with Crippen molar-refractivity contribution in [2.45, 2.75) is 18.2 Å². The summed E-state index contributed by atoms with van der Waals surface area (Å²) in [5.41, 5.74) is 0.635. The first kappa shape index (κ1) is 13.8. The van der Waals surface area contributed by atoms with Gasteiger partial charge in [0.2, 0.25) is 5.91 Å². The molecule has 1 amide bonds. The average Bonchev–Trinajstić information content (AvgIpc) is 2.37. The molecular formula is C12H16BrNO3. The molecule has 1 aromatic rings. The van der Waals surface area contributed by atoms with E-state index < -0.39 is 0 Å². The first-order valence-electron chi connectivity index (χ1n) is 5.29. The van der Waals surface area contributed by atoms with Gasteiger partial charge in [-0.25, -0.2) is 0 Å². The molecule has 0 aliphatic carbocycles. The maximum Gasteiger partial charge on any atom is 0.238 e. The van der Waals surface area contributed by atoms with Gasteiger partial charge in [0.1, 0.15) is 11.5 Å². The van der Waals surface area contributed by atoms with E-state index in [9.17, 15) is 4.79 Å². The number of carbonyl (C=O) groups excluding carboxylic acids is 1. The van der Waals surface area contributed by atoms with Crippen LogP contribution >= 0.6 is 15.9 Å². The quantitative estimate of drug-likeness (QED) is 0.851. The molecule has 1 N–H and O–H groups in total. The van der Waals surface area contributed by atoms with Crippen LogP contribution in [0.1, 0.15) is 13.3 Å². The lowest BCUT2D eigenvalue weighted by atomic mass is 10.2. The summed E-state index contributed by atoms with van der Waals surface area (Å²) in [6.45, 7) is 1.93. The summed E-state index contributed by atoms with van der Waals surface area (Å²) in [4.78, 5) is 11.5. The summed E-state index contributed by atoms with van der Waals surface area (Å²) in [5, 5.41) is 2.80. The van der Waals surface area contributed by atoms with Gasteiger partial charge in [-0.3, -0.25) is 4.79 Å². The lowest BCUT2D eigenvalue weighted by molar-refractivity contribution is -0.115. The van der Waals surface area contributed by atoms with E-state index in [1.54, 1.807) is 32.4 Å². The highest BCUT2D eigenvalue weighted by Gasteiger charge is 2.14. The Balaban J connectivity index is 2.87. The van der Waals surface area contributed by atoms with E-state index in [4.69, 9.17) is 9.47 Å². The Kier molecular flexibility index (Phi) is 5.28. The molecular weight excluding hydrogens is 286 g/mol.